The number of benzene rings is 4. The Labute approximate surface area is 526 Å². The number of nitrogens with one attached hydrogen (secondary N) is 2. The van der Waals surface area contributed by atoms with Crippen molar-refractivity contribution < 1.29 is 33.8 Å². The monoisotopic (exact) mass is 1220 g/mol. The number of hydrogen-bond acceptors (Lipinski definition) is 12. The number of aromatic carboxylic acids is 1. The van der Waals surface area contributed by atoms with Gasteiger partial charge in [-0.2, -0.15) is 0 Å². The Morgan fingerprint density at radius 1 is 0.461 bits per heavy atom. The van der Waals surface area contributed by atoms with Crippen LogP contribution < -0.4 is 11.1 Å². The molecule has 2 atom stereocenters. The summed E-state index contributed by atoms with van der Waals surface area (Å²) < 4.78 is 14.1. The first kappa shape index (κ1) is 70.3. The number of aromatic nitrogens is 4. The second-order valence-corrected chi connectivity index (χ2v) is 23.9. The standard InChI is InChI=1S/C72H98N8O9/c1-5-7-9-11-13-19-25-35-57(37-27-21-15-17-23-33-51-88-71(86)62-39-29-31-41-64(62)73-75-66-54(3)77-79(68(66)82)60-47-43-56(53-81)44-48-60)58(36-26-20-14-12-10-8-6-2)38-28-22-16-18-24-34-52-89-72(87)63-40-30-32-42-65(63)74-76-67-55(4)78-80(69(67)83)61-49-45-59(46-50-61)70(84)85/h29-32,39-50,53,57-58,77-78H,5-28,33-38,51-52H2,1-4H3,(H,84,85). The third-order valence-corrected chi connectivity index (χ3v) is 16.9. The van der Waals surface area contributed by atoms with E-state index in [1.165, 1.54) is 181 Å². The summed E-state index contributed by atoms with van der Waals surface area (Å²) in [5.41, 5.74) is 3.09. The molecule has 0 saturated heterocycles. The molecule has 2 heterocycles. The minimum absolute atomic E-state index is 0.0743. The number of rotatable bonds is 45. The Bertz CT molecular complexity index is 3260. The molecule has 6 aromatic rings. The average Bonchev–Trinajstić information content (AvgIpc) is 2.24. The Morgan fingerprint density at radius 3 is 1.16 bits per heavy atom. The molecule has 4 aromatic carbocycles. The van der Waals surface area contributed by atoms with Gasteiger partial charge < -0.3 is 14.6 Å². The average molecular weight is 1220 g/mol. The number of nitrogens with zero attached hydrogens (tertiary/aromatic N) is 6. The van der Waals surface area contributed by atoms with Gasteiger partial charge in [-0.05, 0) is 111 Å². The molecule has 3 N–H and O–H groups in total. The molecule has 17 heteroatoms. The van der Waals surface area contributed by atoms with E-state index in [0.29, 0.717) is 52.9 Å². The fourth-order valence-corrected chi connectivity index (χ4v) is 11.7. The molecular formula is C72H98N8O9. The molecule has 0 bridgehead atoms. The first-order valence-electron chi connectivity index (χ1n) is 33.3. The highest BCUT2D eigenvalue weighted by atomic mass is 16.5. The SMILES string of the molecule is CCCCCCCCCC(CCCCCCCCOC(=O)c1ccccc1N=Nc1c(C)[nH]n(-c2ccc(C=O)cc2)c1=O)C(CCCCCCCCC)CCCCCCCCOC(=O)c1ccccc1N=Nc1c(C)[nH]n(-c2ccc(C(=O)O)cc2)c1=O. The lowest BCUT2D eigenvalue weighted by Crippen LogP contribution is -2.16. The zero-order valence-corrected chi connectivity index (χ0v) is 53.5. The highest BCUT2D eigenvalue weighted by molar-refractivity contribution is 5.95. The lowest BCUT2D eigenvalue weighted by molar-refractivity contribution is 0.0489. The molecule has 0 aliphatic carbocycles. The zero-order valence-electron chi connectivity index (χ0n) is 53.5. The van der Waals surface area contributed by atoms with E-state index >= 15 is 0 Å². The second-order valence-electron chi connectivity index (χ2n) is 23.9. The number of carbonyl (C=O) groups is 4. The van der Waals surface area contributed by atoms with Gasteiger partial charge in [-0.15, -0.1) is 20.5 Å². The van der Waals surface area contributed by atoms with Crippen LogP contribution in [0, 0.1) is 25.7 Å². The molecule has 89 heavy (non-hydrogen) atoms. The molecule has 0 spiro atoms. The van der Waals surface area contributed by atoms with Crippen LogP contribution in [0.1, 0.15) is 259 Å². The summed E-state index contributed by atoms with van der Waals surface area (Å²) in [6.07, 6.45) is 37.6. The van der Waals surface area contributed by atoms with Crippen LogP contribution in [0.4, 0.5) is 22.7 Å². The van der Waals surface area contributed by atoms with Crippen molar-refractivity contribution in [3.63, 3.8) is 0 Å². The normalized spacial score (nSPS) is 12.3. The van der Waals surface area contributed by atoms with Crippen molar-refractivity contribution in [1.29, 1.82) is 0 Å². The van der Waals surface area contributed by atoms with Crippen LogP contribution in [0.15, 0.2) is 127 Å². The fraction of sp³-hybridized carbons (Fsp3) is 0.528. The number of carboxylic acids is 1. The van der Waals surface area contributed by atoms with Crippen LogP contribution in [0.3, 0.4) is 0 Å². The van der Waals surface area contributed by atoms with Gasteiger partial charge in [0, 0.05) is 5.56 Å². The minimum Gasteiger partial charge on any atom is -0.478 e. The van der Waals surface area contributed by atoms with E-state index in [-0.39, 0.29) is 28.1 Å². The minimum atomic E-state index is -1.06. The zero-order chi connectivity index (χ0) is 63.4. The Balaban J connectivity index is 0.926. The molecule has 2 aromatic heterocycles. The van der Waals surface area contributed by atoms with Gasteiger partial charge in [0.25, 0.3) is 11.1 Å². The van der Waals surface area contributed by atoms with E-state index in [9.17, 15) is 33.9 Å². The van der Waals surface area contributed by atoms with Gasteiger partial charge in [0.05, 0.1) is 52.7 Å². The van der Waals surface area contributed by atoms with Crippen molar-refractivity contribution in [3.8, 4) is 11.4 Å². The summed E-state index contributed by atoms with van der Waals surface area (Å²) in [6.45, 7) is 8.62. The molecule has 0 fully saturated rings. The lowest BCUT2D eigenvalue weighted by Gasteiger charge is -2.28. The molecule has 6 rings (SSSR count). The number of H-pyrrole nitrogens is 2. The van der Waals surface area contributed by atoms with Crippen molar-refractivity contribution >= 4 is 46.9 Å². The van der Waals surface area contributed by atoms with Crippen LogP contribution >= 0.6 is 0 Å². The number of aldehydes is 1. The van der Waals surface area contributed by atoms with Crippen LogP contribution in [0.25, 0.3) is 11.4 Å². The van der Waals surface area contributed by atoms with Crippen molar-refractivity contribution in [1.82, 2.24) is 19.6 Å². The van der Waals surface area contributed by atoms with E-state index in [1.807, 2.05) is 0 Å². The maximum Gasteiger partial charge on any atom is 0.340 e. The van der Waals surface area contributed by atoms with E-state index in [1.54, 1.807) is 86.6 Å². The topological polar surface area (TPSA) is 232 Å². The van der Waals surface area contributed by atoms with E-state index < -0.39 is 29.0 Å². The largest absolute Gasteiger partial charge is 0.478 e. The number of hydrogen-bond donors (Lipinski definition) is 3. The molecule has 0 aliphatic rings. The van der Waals surface area contributed by atoms with E-state index in [4.69, 9.17) is 9.47 Å². The first-order valence-corrected chi connectivity index (χ1v) is 33.3. The Morgan fingerprint density at radius 2 is 0.798 bits per heavy atom. The number of aromatic amines is 2. The highest BCUT2D eigenvalue weighted by Gasteiger charge is 2.22. The third-order valence-electron chi connectivity index (χ3n) is 16.9. The van der Waals surface area contributed by atoms with Crippen molar-refractivity contribution in [3.05, 3.63) is 151 Å². The molecule has 0 saturated carbocycles. The fourth-order valence-electron chi connectivity index (χ4n) is 11.7. The van der Waals surface area contributed by atoms with E-state index in [0.717, 1.165) is 63.1 Å². The quantitative estimate of drug-likeness (QED) is 0.0143. The first-order chi connectivity index (χ1) is 43.4. The highest BCUT2D eigenvalue weighted by Crippen LogP contribution is 2.34. The van der Waals surface area contributed by atoms with Gasteiger partial charge >= 0.3 is 17.9 Å². The number of aryl methyl sites for hydroxylation is 2. The second kappa shape index (κ2) is 39.9. The van der Waals surface area contributed by atoms with Crippen LogP contribution in [0.5, 0.6) is 0 Å². The summed E-state index contributed by atoms with van der Waals surface area (Å²) >= 11 is 0. The van der Waals surface area contributed by atoms with Crippen molar-refractivity contribution in [2.24, 2.45) is 32.3 Å². The summed E-state index contributed by atoms with van der Waals surface area (Å²) in [6, 6.07) is 26.2. The molecule has 0 aliphatic heterocycles. The lowest BCUT2D eigenvalue weighted by atomic mass is 9.78. The maximum absolute atomic E-state index is 13.3. The van der Waals surface area contributed by atoms with Crippen LogP contribution in [0.2, 0.25) is 0 Å². The van der Waals surface area contributed by atoms with Gasteiger partial charge in [0.1, 0.15) is 17.7 Å². The third kappa shape index (κ3) is 23.6. The number of azo groups is 2. The molecule has 2 unspecified atom stereocenters. The molecule has 0 amide bonds. The predicted molar refractivity (Wildman–Crippen MR) is 353 cm³/mol. The molecule has 0 radical (unpaired) electrons. The maximum atomic E-state index is 13.3. The summed E-state index contributed by atoms with van der Waals surface area (Å²) in [7, 11) is 0. The van der Waals surface area contributed by atoms with Crippen molar-refractivity contribution in [2.45, 2.75) is 220 Å². The van der Waals surface area contributed by atoms with Crippen molar-refractivity contribution in [2.75, 3.05) is 13.2 Å². The van der Waals surface area contributed by atoms with Gasteiger partial charge in [-0.1, -0.05) is 218 Å². The number of esters is 2. The Kier molecular flexibility index (Phi) is 31.5. The number of carboxylic acid groups (broad SMARTS) is 1. The van der Waals surface area contributed by atoms with E-state index in [2.05, 4.69) is 44.5 Å². The molecule has 480 valence electrons. The summed E-state index contributed by atoms with van der Waals surface area (Å²) in [5.74, 6) is -0.493. The van der Waals surface area contributed by atoms with Gasteiger partial charge in [0.2, 0.25) is 0 Å². The van der Waals surface area contributed by atoms with Crippen LogP contribution in [-0.2, 0) is 9.47 Å². The molecule has 17 nitrogen and oxygen atoms in total. The number of unbranched alkanes of at least 4 members (excludes halogenated alkanes) is 22. The predicted octanol–water partition coefficient (Wildman–Crippen LogP) is 19.6. The summed E-state index contributed by atoms with van der Waals surface area (Å²) in [4.78, 5) is 75.6. The Hall–Kier alpha value is -7.82. The number of carbonyl (C=O) groups excluding carboxylic acids is 3. The number of ether oxygens (including phenoxy) is 2. The molecular weight excluding hydrogens is 1120 g/mol. The van der Waals surface area contributed by atoms with Gasteiger partial charge in [-0.25, -0.2) is 23.7 Å². The van der Waals surface area contributed by atoms with Crippen LogP contribution in [-0.4, -0.2) is 62.1 Å². The van der Waals surface area contributed by atoms with Gasteiger partial charge in [-0.3, -0.25) is 24.6 Å². The summed E-state index contributed by atoms with van der Waals surface area (Å²) in [5, 5.41) is 32.3. The smallest absolute Gasteiger partial charge is 0.340 e. The van der Waals surface area contributed by atoms with Gasteiger partial charge in [0.15, 0.2) is 11.4 Å².